The lowest BCUT2D eigenvalue weighted by atomic mass is 10.0. The summed E-state index contributed by atoms with van der Waals surface area (Å²) in [5.74, 6) is 0. The van der Waals surface area contributed by atoms with Crippen molar-refractivity contribution in [2.24, 2.45) is 0 Å². The third-order valence-corrected chi connectivity index (χ3v) is 5.27. The number of aromatic nitrogens is 1. The molecule has 0 aliphatic carbocycles. The first-order chi connectivity index (χ1) is 12.4. The molecule has 0 unspecified atom stereocenters. The number of hydrogen-bond donors (Lipinski definition) is 0. The van der Waals surface area contributed by atoms with Crippen molar-refractivity contribution in [3.8, 4) is 11.8 Å². The minimum Gasteiger partial charge on any atom is -0.318 e. The third kappa shape index (κ3) is 3.73. The number of rotatable bonds is 3. The van der Waals surface area contributed by atoms with Crippen LogP contribution >= 0.6 is 39.1 Å². The van der Waals surface area contributed by atoms with Crippen LogP contribution in [0.15, 0.2) is 53.0 Å². The molecule has 3 aromatic rings. The van der Waals surface area contributed by atoms with Crippen molar-refractivity contribution in [1.82, 2.24) is 4.57 Å². The Bertz CT molecular complexity index is 1040. The zero-order valence-electron chi connectivity index (χ0n) is 14.2. The molecule has 130 valence electrons. The maximum Gasteiger partial charge on any atom is 0.0998 e. The Morgan fingerprint density at radius 2 is 1.77 bits per heavy atom. The molecular weight excluding hydrogens is 431 g/mol. The molecule has 0 aliphatic rings. The van der Waals surface area contributed by atoms with Crippen LogP contribution in [0.4, 0.5) is 0 Å². The van der Waals surface area contributed by atoms with E-state index in [0.717, 1.165) is 27.1 Å². The number of benzene rings is 2. The predicted octanol–water partition coefficient (Wildman–Crippen LogP) is 7.23. The van der Waals surface area contributed by atoms with Crippen LogP contribution in [0.3, 0.4) is 0 Å². The van der Waals surface area contributed by atoms with Crippen LogP contribution in [0.5, 0.6) is 0 Å². The van der Waals surface area contributed by atoms with Crippen LogP contribution in [-0.2, 0) is 0 Å². The quantitative estimate of drug-likeness (QED) is 0.391. The molecule has 0 aliphatic heterocycles. The summed E-state index contributed by atoms with van der Waals surface area (Å²) in [5, 5.41) is 10.6. The average molecular weight is 446 g/mol. The maximum absolute atomic E-state index is 9.63. The lowest BCUT2D eigenvalue weighted by Gasteiger charge is -2.10. The summed E-state index contributed by atoms with van der Waals surface area (Å²) in [6, 6.07) is 17.6. The average Bonchev–Trinajstić information content (AvgIpc) is 2.88. The summed E-state index contributed by atoms with van der Waals surface area (Å²) in [6.45, 7) is 4.09. The lowest BCUT2D eigenvalue weighted by Crippen LogP contribution is -1.98. The lowest BCUT2D eigenvalue weighted by molar-refractivity contribution is 0.964. The van der Waals surface area contributed by atoms with Gasteiger partial charge in [0.25, 0.3) is 0 Å². The van der Waals surface area contributed by atoms with E-state index >= 15 is 0 Å². The normalized spacial score (nSPS) is 11.5. The molecule has 0 bridgehead atoms. The minimum atomic E-state index is 0.465. The topological polar surface area (TPSA) is 28.7 Å². The fourth-order valence-corrected chi connectivity index (χ4v) is 3.73. The van der Waals surface area contributed by atoms with E-state index in [1.165, 1.54) is 0 Å². The second-order valence-electron chi connectivity index (χ2n) is 5.93. The molecule has 5 heteroatoms. The van der Waals surface area contributed by atoms with Crippen molar-refractivity contribution in [2.75, 3.05) is 0 Å². The van der Waals surface area contributed by atoms with Gasteiger partial charge in [0.1, 0.15) is 0 Å². The van der Waals surface area contributed by atoms with Crippen LogP contribution in [0.1, 0.15) is 22.5 Å². The molecule has 2 nitrogen and oxygen atoms in total. The van der Waals surface area contributed by atoms with Crippen molar-refractivity contribution >= 4 is 50.8 Å². The smallest absolute Gasteiger partial charge is 0.0998 e. The highest BCUT2D eigenvalue weighted by Gasteiger charge is 2.12. The van der Waals surface area contributed by atoms with Crippen molar-refractivity contribution < 1.29 is 0 Å². The van der Waals surface area contributed by atoms with Crippen LogP contribution < -0.4 is 0 Å². The van der Waals surface area contributed by atoms with Crippen LogP contribution in [0.2, 0.25) is 10.0 Å². The van der Waals surface area contributed by atoms with Gasteiger partial charge in [-0.3, -0.25) is 0 Å². The largest absolute Gasteiger partial charge is 0.318 e. The SMILES string of the molecule is Cc1cc(/C=C(/C#N)c2ccc(Cl)cc2Cl)c(C)n1-c1ccc(Br)cc1. The Hall–Kier alpha value is -1.99. The molecule has 0 atom stereocenters. The summed E-state index contributed by atoms with van der Waals surface area (Å²) in [7, 11) is 0. The second kappa shape index (κ2) is 7.72. The van der Waals surface area contributed by atoms with Gasteiger partial charge in [0, 0.05) is 32.1 Å². The van der Waals surface area contributed by atoms with Gasteiger partial charge in [0.2, 0.25) is 0 Å². The summed E-state index contributed by atoms with van der Waals surface area (Å²) in [5.41, 5.74) is 5.38. The Labute approximate surface area is 171 Å². The molecule has 26 heavy (non-hydrogen) atoms. The molecule has 0 radical (unpaired) electrons. The van der Waals surface area contributed by atoms with Gasteiger partial charge in [-0.2, -0.15) is 5.26 Å². The zero-order valence-corrected chi connectivity index (χ0v) is 17.3. The Balaban J connectivity index is 2.09. The highest BCUT2D eigenvalue weighted by atomic mass is 79.9. The first-order valence-electron chi connectivity index (χ1n) is 7.93. The van der Waals surface area contributed by atoms with Crippen molar-refractivity contribution in [3.63, 3.8) is 0 Å². The first kappa shape index (κ1) is 18.8. The molecule has 0 N–H and O–H groups in total. The van der Waals surface area contributed by atoms with Crippen LogP contribution in [0.25, 0.3) is 17.3 Å². The number of aryl methyl sites for hydroxylation is 1. The highest BCUT2D eigenvalue weighted by Crippen LogP contribution is 2.30. The Morgan fingerprint density at radius 3 is 2.38 bits per heavy atom. The van der Waals surface area contributed by atoms with Gasteiger partial charge in [0.05, 0.1) is 16.7 Å². The van der Waals surface area contributed by atoms with Crippen LogP contribution in [-0.4, -0.2) is 4.57 Å². The second-order valence-corrected chi connectivity index (χ2v) is 7.69. The van der Waals surface area contributed by atoms with Gasteiger partial charge >= 0.3 is 0 Å². The molecule has 3 rings (SSSR count). The number of halogens is 3. The zero-order chi connectivity index (χ0) is 18.8. The summed E-state index contributed by atoms with van der Waals surface area (Å²) in [4.78, 5) is 0. The van der Waals surface area contributed by atoms with Gasteiger partial charge in [-0.05, 0) is 68.0 Å². The first-order valence-corrected chi connectivity index (χ1v) is 9.47. The number of allylic oxidation sites excluding steroid dienone is 1. The number of nitrogens with zero attached hydrogens (tertiary/aromatic N) is 2. The van der Waals surface area contributed by atoms with E-state index in [2.05, 4.69) is 44.8 Å². The maximum atomic E-state index is 9.63. The van der Waals surface area contributed by atoms with Crippen molar-refractivity contribution in [3.05, 3.63) is 85.6 Å². The van der Waals surface area contributed by atoms with E-state index in [-0.39, 0.29) is 0 Å². The van der Waals surface area contributed by atoms with Gasteiger partial charge in [-0.15, -0.1) is 0 Å². The predicted molar refractivity (Wildman–Crippen MR) is 113 cm³/mol. The highest BCUT2D eigenvalue weighted by molar-refractivity contribution is 9.10. The van der Waals surface area contributed by atoms with Gasteiger partial charge < -0.3 is 4.57 Å². The summed E-state index contributed by atoms with van der Waals surface area (Å²) < 4.78 is 3.20. The third-order valence-electron chi connectivity index (χ3n) is 4.20. The van der Waals surface area contributed by atoms with Crippen LogP contribution in [0, 0.1) is 25.2 Å². The monoisotopic (exact) mass is 444 g/mol. The van der Waals surface area contributed by atoms with Gasteiger partial charge in [-0.1, -0.05) is 45.2 Å². The molecule has 0 amide bonds. The fourth-order valence-electron chi connectivity index (χ4n) is 2.95. The van der Waals surface area contributed by atoms with E-state index in [1.807, 2.05) is 32.1 Å². The molecule has 0 spiro atoms. The standard InChI is InChI=1S/C21H15BrCl2N2/c1-13-9-15(14(2)26(13)19-6-3-17(22)4-7-19)10-16(12-25)20-8-5-18(23)11-21(20)24/h3-11H,1-2H3/b16-10-. The molecule has 0 fully saturated rings. The van der Waals surface area contributed by atoms with E-state index in [9.17, 15) is 5.26 Å². The molecular formula is C21H15BrCl2N2. The Kier molecular flexibility index (Phi) is 5.58. The fraction of sp³-hybridized carbons (Fsp3) is 0.0952. The molecule has 1 aromatic heterocycles. The van der Waals surface area contributed by atoms with E-state index < -0.39 is 0 Å². The van der Waals surface area contributed by atoms with Crippen molar-refractivity contribution in [1.29, 1.82) is 5.26 Å². The van der Waals surface area contributed by atoms with E-state index in [4.69, 9.17) is 23.2 Å². The van der Waals surface area contributed by atoms with E-state index in [1.54, 1.807) is 18.2 Å². The van der Waals surface area contributed by atoms with E-state index in [0.29, 0.717) is 21.2 Å². The molecule has 2 aromatic carbocycles. The molecule has 0 saturated carbocycles. The van der Waals surface area contributed by atoms with Crippen molar-refractivity contribution in [2.45, 2.75) is 13.8 Å². The summed E-state index contributed by atoms with van der Waals surface area (Å²) >= 11 is 15.7. The number of nitriles is 1. The minimum absolute atomic E-state index is 0.465. The summed E-state index contributed by atoms with van der Waals surface area (Å²) in [6.07, 6.45) is 1.87. The van der Waals surface area contributed by atoms with Gasteiger partial charge in [0.15, 0.2) is 0 Å². The molecule has 1 heterocycles. The number of hydrogen-bond acceptors (Lipinski definition) is 1. The molecule has 0 saturated heterocycles. The van der Waals surface area contributed by atoms with Gasteiger partial charge in [-0.25, -0.2) is 0 Å². The Morgan fingerprint density at radius 1 is 1.08 bits per heavy atom.